The molecule has 0 aliphatic heterocycles. The average Bonchev–Trinajstić information content (AvgIpc) is 2.96. The van der Waals surface area contributed by atoms with Gasteiger partial charge in [0.25, 0.3) is 0 Å². The lowest BCUT2D eigenvalue weighted by atomic mass is 10.1. The lowest BCUT2D eigenvalue weighted by Gasteiger charge is -2.13. The van der Waals surface area contributed by atoms with Gasteiger partial charge in [0.15, 0.2) is 0 Å². The Labute approximate surface area is 151 Å². The standard InChI is InChI=1S/C20H22FN3O2/c1-13(2)12-24-19-8-16(10-22-14(3)25)20(9-15(19)11-23-24)26-18-6-4-17(21)5-7-18/h4-9,11,13H,10,12H2,1-3H3,(H,22,25). The predicted molar refractivity (Wildman–Crippen MR) is 98.6 cm³/mol. The van der Waals surface area contributed by atoms with E-state index in [4.69, 9.17) is 4.74 Å². The summed E-state index contributed by atoms with van der Waals surface area (Å²) in [6, 6.07) is 9.73. The van der Waals surface area contributed by atoms with Gasteiger partial charge in [0, 0.05) is 31.0 Å². The maximum atomic E-state index is 13.1. The number of nitrogens with zero attached hydrogens (tertiary/aromatic N) is 2. The minimum absolute atomic E-state index is 0.117. The highest BCUT2D eigenvalue weighted by atomic mass is 19.1. The maximum absolute atomic E-state index is 13.1. The van der Waals surface area contributed by atoms with Crippen molar-refractivity contribution >= 4 is 16.8 Å². The molecular weight excluding hydrogens is 333 g/mol. The number of hydrogen-bond donors (Lipinski definition) is 1. The Morgan fingerprint density at radius 1 is 1.27 bits per heavy atom. The normalized spacial score (nSPS) is 11.1. The number of rotatable bonds is 6. The second-order valence-corrected chi connectivity index (χ2v) is 6.70. The summed E-state index contributed by atoms with van der Waals surface area (Å²) in [4.78, 5) is 11.3. The van der Waals surface area contributed by atoms with Crippen LogP contribution in [0.3, 0.4) is 0 Å². The van der Waals surface area contributed by atoms with Crippen molar-refractivity contribution in [2.75, 3.05) is 0 Å². The van der Waals surface area contributed by atoms with Crippen LogP contribution in [0.25, 0.3) is 10.9 Å². The zero-order chi connectivity index (χ0) is 18.7. The van der Waals surface area contributed by atoms with Gasteiger partial charge in [-0.3, -0.25) is 9.48 Å². The molecule has 0 bridgehead atoms. The van der Waals surface area contributed by atoms with Crippen LogP contribution in [0, 0.1) is 11.7 Å². The summed E-state index contributed by atoms with van der Waals surface area (Å²) in [5, 5.41) is 8.21. The molecule has 0 radical (unpaired) electrons. The number of benzene rings is 2. The Morgan fingerprint density at radius 2 is 2.00 bits per heavy atom. The van der Waals surface area contributed by atoms with Crippen molar-refractivity contribution in [3.63, 3.8) is 0 Å². The number of amides is 1. The molecule has 0 aliphatic rings. The van der Waals surface area contributed by atoms with Gasteiger partial charge in [0.1, 0.15) is 17.3 Å². The van der Waals surface area contributed by atoms with Crippen LogP contribution in [0.5, 0.6) is 11.5 Å². The highest BCUT2D eigenvalue weighted by Crippen LogP contribution is 2.30. The van der Waals surface area contributed by atoms with Crippen LogP contribution in [-0.2, 0) is 17.9 Å². The topological polar surface area (TPSA) is 56.2 Å². The monoisotopic (exact) mass is 355 g/mol. The number of halogens is 1. The van der Waals surface area contributed by atoms with E-state index in [0.717, 1.165) is 23.0 Å². The second kappa shape index (κ2) is 7.56. The van der Waals surface area contributed by atoms with Gasteiger partial charge >= 0.3 is 0 Å². The zero-order valence-corrected chi connectivity index (χ0v) is 15.1. The molecule has 0 saturated carbocycles. The fraction of sp³-hybridized carbons (Fsp3) is 0.300. The van der Waals surface area contributed by atoms with Gasteiger partial charge in [-0.15, -0.1) is 0 Å². The Morgan fingerprint density at radius 3 is 2.65 bits per heavy atom. The number of fused-ring (bicyclic) bond motifs is 1. The van der Waals surface area contributed by atoms with Crippen molar-refractivity contribution in [2.45, 2.75) is 33.9 Å². The molecule has 2 aromatic carbocycles. The van der Waals surface area contributed by atoms with E-state index in [9.17, 15) is 9.18 Å². The number of carbonyl (C=O) groups excluding carboxylic acids is 1. The molecule has 0 unspecified atom stereocenters. The summed E-state index contributed by atoms with van der Waals surface area (Å²) in [6.45, 7) is 6.90. The molecule has 0 saturated heterocycles. The van der Waals surface area contributed by atoms with E-state index in [0.29, 0.717) is 24.0 Å². The summed E-state index contributed by atoms with van der Waals surface area (Å²) in [7, 11) is 0. The largest absolute Gasteiger partial charge is 0.457 e. The van der Waals surface area contributed by atoms with Crippen LogP contribution < -0.4 is 10.1 Å². The van der Waals surface area contributed by atoms with Crippen molar-refractivity contribution < 1.29 is 13.9 Å². The lowest BCUT2D eigenvalue weighted by molar-refractivity contribution is -0.119. The maximum Gasteiger partial charge on any atom is 0.217 e. The number of hydrogen-bond acceptors (Lipinski definition) is 3. The molecular formula is C20H22FN3O2. The summed E-state index contributed by atoms with van der Waals surface area (Å²) >= 11 is 0. The number of ether oxygens (including phenoxy) is 1. The van der Waals surface area contributed by atoms with E-state index < -0.39 is 0 Å². The lowest BCUT2D eigenvalue weighted by Crippen LogP contribution is -2.19. The van der Waals surface area contributed by atoms with Crippen molar-refractivity contribution in [2.24, 2.45) is 5.92 Å². The third-order valence-electron chi connectivity index (χ3n) is 3.93. The summed E-state index contributed by atoms with van der Waals surface area (Å²) in [5.41, 5.74) is 1.83. The van der Waals surface area contributed by atoms with Crippen LogP contribution in [-0.4, -0.2) is 15.7 Å². The van der Waals surface area contributed by atoms with Crippen LogP contribution in [0.4, 0.5) is 4.39 Å². The Balaban J connectivity index is 1.99. The number of nitrogens with one attached hydrogen (secondary N) is 1. The van der Waals surface area contributed by atoms with Crippen molar-refractivity contribution in [1.82, 2.24) is 15.1 Å². The van der Waals surface area contributed by atoms with Crippen molar-refractivity contribution in [1.29, 1.82) is 0 Å². The van der Waals surface area contributed by atoms with E-state index >= 15 is 0 Å². The second-order valence-electron chi connectivity index (χ2n) is 6.70. The molecule has 6 heteroatoms. The van der Waals surface area contributed by atoms with E-state index in [-0.39, 0.29) is 11.7 Å². The molecule has 3 rings (SSSR count). The first-order valence-electron chi connectivity index (χ1n) is 8.58. The Hall–Kier alpha value is -2.89. The molecule has 0 aliphatic carbocycles. The predicted octanol–water partition coefficient (Wildman–Crippen LogP) is 4.26. The van der Waals surface area contributed by atoms with Gasteiger partial charge in [-0.05, 0) is 42.3 Å². The van der Waals surface area contributed by atoms with Crippen molar-refractivity contribution in [3.8, 4) is 11.5 Å². The van der Waals surface area contributed by atoms with Gasteiger partial charge in [-0.1, -0.05) is 13.8 Å². The van der Waals surface area contributed by atoms with E-state index in [1.807, 2.05) is 16.8 Å². The van der Waals surface area contributed by atoms with Gasteiger partial charge in [-0.25, -0.2) is 4.39 Å². The minimum Gasteiger partial charge on any atom is -0.457 e. The molecule has 26 heavy (non-hydrogen) atoms. The van der Waals surface area contributed by atoms with Crippen LogP contribution in [0.2, 0.25) is 0 Å². The molecule has 0 atom stereocenters. The first kappa shape index (κ1) is 17.9. The third-order valence-corrected chi connectivity index (χ3v) is 3.93. The van der Waals surface area contributed by atoms with E-state index in [2.05, 4.69) is 24.3 Å². The fourth-order valence-electron chi connectivity index (χ4n) is 2.72. The van der Waals surface area contributed by atoms with Gasteiger partial charge in [0.2, 0.25) is 5.91 Å². The Kier molecular flexibility index (Phi) is 5.21. The fourth-order valence-corrected chi connectivity index (χ4v) is 2.72. The Bertz CT molecular complexity index is 917. The third kappa shape index (κ3) is 4.20. The first-order valence-corrected chi connectivity index (χ1v) is 8.58. The smallest absolute Gasteiger partial charge is 0.217 e. The molecule has 5 nitrogen and oxygen atoms in total. The molecule has 136 valence electrons. The highest BCUT2D eigenvalue weighted by molar-refractivity contribution is 5.82. The van der Waals surface area contributed by atoms with E-state index in [1.165, 1.54) is 19.1 Å². The van der Waals surface area contributed by atoms with Crippen LogP contribution in [0.15, 0.2) is 42.6 Å². The van der Waals surface area contributed by atoms with Crippen molar-refractivity contribution in [3.05, 3.63) is 54.0 Å². The molecule has 3 aromatic rings. The zero-order valence-electron chi connectivity index (χ0n) is 15.1. The summed E-state index contributed by atoms with van der Waals surface area (Å²) in [6.07, 6.45) is 1.80. The summed E-state index contributed by atoms with van der Waals surface area (Å²) < 4.78 is 21.0. The van der Waals surface area contributed by atoms with Gasteiger partial charge in [0.05, 0.1) is 11.7 Å². The molecule has 0 fully saturated rings. The van der Waals surface area contributed by atoms with Crippen LogP contribution >= 0.6 is 0 Å². The molecule has 1 N–H and O–H groups in total. The molecule has 1 aromatic heterocycles. The highest BCUT2D eigenvalue weighted by Gasteiger charge is 2.13. The van der Waals surface area contributed by atoms with Gasteiger partial charge in [-0.2, -0.15) is 5.10 Å². The quantitative estimate of drug-likeness (QED) is 0.719. The average molecular weight is 355 g/mol. The minimum atomic E-state index is -0.318. The summed E-state index contributed by atoms with van der Waals surface area (Å²) in [5.74, 6) is 1.17. The first-order chi connectivity index (χ1) is 12.4. The number of aromatic nitrogens is 2. The molecule has 1 amide bonds. The van der Waals surface area contributed by atoms with Crippen LogP contribution in [0.1, 0.15) is 26.3 Å². The number of carbonyl (C=O) groups is 1. The van der Waals surface area contributed by atoms with E-state index in [1.54, 1.807) is 18.3 Å². The van der Waals surface area contributed by atoms with Gasteiger partial charge < -0.3 is 10.1 Å². The molecule has 1 heterocycles. The molecule has 0 spiro atoms. The SMILES string of the molecule is CC(=O)NCc1cc2c(cnn2CC(C)C)cc1Oc1ccc(F)cc1.